The molecule has 2 rings (SSSR count). The number of rotatable bonds is 4. The molecule has 1 fully saturated rings. The van der Waals surface area contributed by atoms with Gasteiger partial charge in [-0.3, -0.25) is 9.78 Å². The molecule has 0 spiro atoms. The lowest BCUT2D eigenvalue weighted by Gasteiger charge is -2.35. The second-order valence-corrected chi connectivity index (χ2v) is 5.79. The van der Waals surface area contributed by atoms with E-state index in [9.17, 15) is 9.59 Å². The topological polar surface area (TPSA) is 74.3 Å². The van der Waals surface area contributed by atoms with Crippen molar-refractivity contribution in [1.29, 1.82) is 0 Å². The number of hydrogen-bond donors (Lipinski definition) is 2. The lowest BCUT2D eigenvalue weighted by molar-refractivity contribution is -0.136. The first-order valence-electron chi connectivity index (χ1n) is 7.81. The number of piperidine rings is 1. The number of carbonyl (C=O) groups excluding carboxylic acids is 2. The van der Waals surface area contributed by atoms with Crippen molar-refractivity contribution < 1.29 is 9.59 Å². The van der Waals surface area contributed by atoms with Crippen LogP contribution in [0.25, 0.3) is 0 Å². The van der Waals surface area contributed by atoms with Gasteiger partial charge in [-0.15, -0.1) is 0 Å². The second kappa shape index (κ2) is 7.77. The number of pyridine rings is 1. The Hall–Kier alpha value is -2.11. The number of amides is 3. The van der Waals surface area contributed by atoms with Crippen LogP contribution in [0.5, 0.6) is 0 Å². The minimum absolute atomic E-state index is 0.0104. The van der Waals surface area contributed by atoms with Gasteiger partial charge in [-0.05, 0) is 44.7 Å². The van der Waals surface area contributed by atoms with Gasteiger partial charge in [0.05, 0.1) is 0 Å². The Balaban J connectivity index is 1.79. The molecule has 6 heteroatoms. The van der Waals surface area contributed by atoms with E-state index in [-0.39, 0.29) is 18.0 Å². The number of likely N-dealkylation sites (tertiary alicyclic amines) is 1. The monoisotopic (exact) mass is 304 g/mol. The van der Waals surface area contributed by atoms with Crippen LogP contribution in [0.4, 0.5) is 4.79 Å². The van der Waals surface area contributed by atoms with Gasteiger partial charge in [-0.25, -0.2) is 4.79 Å². The van der Waals surface area contributed by atoms with Crippen LogP contribution in [0, 0.1) is 0 Å². The summed E-state index contributed by atoms with van der Waals surface area (Å²) in [5.74, 6) is -0.0104. The number of nitrogens with zero attached hydrogens (tertiary/aromatic N) is 2. The summed E-state index contributed by atoms with van der Waals surface area (Å²) in [6, 6.07) is 3.10. The lowest BCUT2D eigenvalue weighted by atomic mass is 10.0. The zero-order valence-corrected chi connectivity index (χ0v) is 13.2. The molecule has 1 aromatic heterocycles. The average molecular weight is 304 g/mol. The van der Waals surface area contributed by atoms with Gasteiger partial charge in [0.1, 0.15) is 6.04 Å². The number of carbonyl (C=O) groups is 2. The van der Waals surface area contributed by atoms with E-state index in [0.717, 1.165) is 24.9 Å². The van der Waals surface area contributed by atoms with Gasteiger partial charge in [-0.1, -0.05) is 6.07 Å². The van der Waals surface area contributed by atoms with Crippen molar-refractivity contribution in [1.82, 2.24) is 20.5 Å². The van der Waals surface area contributed by atoms with Crippen molar-refractivity contribution in [2.75, 3.05) is 6.54 Å². The minimum atomic E-state index is -0.519. The van der Waals surface area contributed by atoms with Gasteiger partial charge in [0.25, 0.3) is 0 Å². The van der Waals surface area contributed by atoms with Crippen LogP contribution in [0.1, 0.15) is 38.7 Å². The van der Waals surface area contributed by atoms with Crippen LogP contribution in [0.15, 0.2) is 24.5 Å². The SMILES string of the molecule is C[C@@H](NC(=O)NCc1cccnc1)C(=O)N1CCCC[C@@H]1C. The molecule has 2 atom stereocenters. The predicted octanol–water partition coefficient (Wildman–Crippen LogP) is 1.67. The van der Waals surface area contributed by atoms with Gasteiger partial charge in [0.15, 0.2) is 0 Å². The molecule has 0 unspecified atom stereocenters. The van der Waals surface area contributed by atoms with E-state index in [1.165, 1.54) is 6.42 Å². The van der Waals surface area contributed by atoms with E-state index in [0.29, 0.717) is 6.54 Å². The Labute approximate surface area is 131 Å². The molecule has 0 radical (unpaired) electrons. The van der Waals surface area contributed by atoms with Gasteiger partial charge in [-0.2, -0.15) is 0 Å². The van der Waals surface area contributed by atoms with E-state index in [4.69, 9.17) is 0 Å². The highest BCUT2D eigenvalue weighted by Crippen LogP contribution is 2.17. The molecule has 1 aliphatic heterocycles. The number of hydrogen-bond acceptors (Lipinski definition) is 3. The molecular formula is C16H24N4O2. The molecule has 1 aliphatic rings. The summed E-state index contributed by atoms with van der Waals surface area (Å²) in [5, 5.41) is 5.44. The highest BCUT2D eigenvalue weighted by Gasteiger charge is 2.27. The standard InChI is InChI=1S/C16H24N4O2/c1-12-6-3-4-9-20(12)15(21)13(2)19-16(22)18-11-14-7-5-8-17-10-14/h5,7-8,10,12-13H,3-4,6,9,11H2,1-2H3,(H2,18,19,22)/t12-,13+/m0/s1. The second-order valence-electron chi connectivity index (χ2n) is 5.79. The Morgan fingerprint density at radius 2 is 2.27 bits per heavy atom. The van der Waals surface area contributed by atoms with Crippen molar-refractivity contribution >= 4 is 11.9 Å². The molecule has 6 nitrogen and oxygen atoms in total. The highest BCUT2D eigenvalue weighted by molar-refractivity contribution is 5.86. The quantitative estimate of drug-likeness (QED) is 0.888. The summed E-state index contributed by atoms with van der Waals surface area (Å²) >= 11 is 0. The molecule has 120 valence electrons. The zero-order valence-electron chi connectivity index (χ0n) is 13.2. The smallest absolute Gasteiger partial charge is 0.315 e. The van der Waals surface area contributed by atoms with Crippen LogP contribution < -0.4 is 10.6 Å². The fourth-order valence-corrected chi connectivity index (χ4v) is 2.67. The average Bonchev–Trinajstić information content (AvgIpc) is 2.53. The summed E-state index contributed by atoms with van der Waals surface area (Å²) in [7, 11) is 0. The molecule has 2 N–H and O–H groups in total. The molecule has 0 bridgehead atoms. The fourth-order valence-electron chi connectivity index (χ4n) is 2.67. The Morgan fingerprint density at radius 1 is 1.45 bits per heavy atom. The maximum absolute atomic E-state index is 12.4. The first-order chi connectivity index (χ1) is 10.6. The van der Waals surface area contributed by atoms with E-state index in [1.54, 1.807) is 19.3 Å². The molecule has 0 saturated carbocycles. The number of urea groups is 1. The summed E-state index contributed by atoms with van der Waals surface area (Å²) in [4.78, 5) is 30.1. The lowest BCUT2D eigenvalue weighted by Crippen LogP contribution is -2.53. The van der Waals surface area contributed by atoms with E-state index < -0.39 is 6.04 Å². The summed E-state index contributed by atoms with van der Waals surface area (Å²) in [5.41, 5.74) is 0.918. The third kappa shape index (κ3) is 4.44. The Kier molecular flexibility index (Phi) is 5.75. The predicted molar refractivity (Wildman–Crippen MR) is 84.1 cm³/mol. The van der Waals surface area contributed by atoms with Crippen molar-refractivity contribution in [3.8, 4) is 0 Å². The third-order valence-corrected chi connectivity index (χ3v) is 3.98. The van der Waals surface area contributed by atoms with Crippen molar-refractivity contribution in [2.45, 2.75) is 51.7 Å². The van der Waals surface area contributed by atoms with Crippen LogP contribution in [0.2, 0.25) is 0 Å². The van der Waals surface area contributed by atoms with Gasteiger partial charge >= 0.3 is 6.03 Å². The van der Waals surface area contributed by atoms with E-state index in [1.807, 2.05) is 17.0 Å². The zero-order chi connectivity index (χ0) is 15.9. The van der Waals surface area contributed by atoms with Crippen LogP contribution in [0.3, 0.4) is 0 Å². The van der Waals surface area contributed by atoms with Gasteiger partial charge in [0.2, 0.25) is 5.91 Å². The number of nitrogens with one attached hydrogen (secondary N) is 2. The normalized spacial score (nSPS) is 19.4. The third-order valence-electron chi connectivity index (χ3n) is 3.98. The first-order valence-corrected chi connectivity index (χ1v) is 7.81. The largest absolute Gasteiger partial charge is 0.338 e. The minimum Gasteiger partial charge on any atom is -0.338 e. The maximum atomic E-state index is 12.4. The van der Waals surface area contributed by atoms with Crippen LogP contribution >= 0.6 is 0 Å². The maximum Gasteiger partial charge on any atom is 0.315 e. The number of aromatic nitrogens is 1. The van der Waals surface area contributed by atoms with Crippen LogP contribution in [-0.4, -0.2) is 40.5 Å². The Morgan fingerprint density at radius 3 is 2.95 bits per heavy atom. The molecule has 3 amide bonds. The fraction of sp³-hybridized carbons (Fsp3) is 0.562. The summed E-state index contributed by atoms with van der Waals surface area (Å²) < 4.78 is 0. The molecule has 0 aromatic carbocycles. The van der Waals surface area contributed by atoms with Gasteiger partial charge in [0, 0.05) is 31.5 Å². The molecule has 1 saturated heterocycles. The van der Waals surface area contributed by atoms with E-state index >= 15 is 0 Å². The van der Waals surface area contributed by atoms with Crippen LogP contribution in [-0.2, 0) is 11.3 Å². The van der Waals surface area contributed by atoms with E-state index in [2.05, 4.69) is 22.5 Å². The molecule has 0 aliphatic carbocycles. The van der Waals surface area contributed by atoms with Crippen molar-refractivity contribution in [3.05, 3.63) is 30.1 Å². The highest BCUT2D eigenvalue weighted by atomic mass is 16.2. The first kappa shape index (κ1) is 16.3. The molecule has 22 heavy (non-hydrogen) atoms. The van der Waals surface area contributed by atoms with Gasteiger partial charge < -0.3 is 15.5 Å². The molecule has 1 aromatic rings. The van der Waals surface area contributed by atoms with Crippen molar-refractivity contribution in [3.63, 3.8) is 0 Å². The molecule has 2 heterocycles. The molecular weight excluding hydrogens is 280 g/mol. The summed E-state index contributed by atoms with van der Waals surface area (Å²) in [6.45, 7) is 4.96. The van der Waals surface area contributed by atoms with Crippen molar-refractivity contribution in [2.24, 2.45) is 0 Å². The summed E-state index contributed by atoms with van der Waals surface area (Å²) in [6.07, 6.45) is 6.62. The Bertz CT molecular complexity index is 506.